The molecule has 104 valence electrons. The Morgan fingerprint density at radius 1 is 1.45 bits per heavy atom. The van der Waals surface area contributed by atoms with Gasteiger partial charge in [-0.1, -0.05) is 49.0 Å². The van der Waals surface area contributed by atoms with Crippen LogP contribution in [0.1, 0.15) is 24.2 Å². The minimum absolute atomic E-state index is 0.0504. The van der Waals surface area contributed by atoms with E-state index in [4.69, 9.17) is 5.26 Å². The molecule has 2 rings (SSSR count). The Labute approximate surface area is 122 Å². The second-order valence-corrected chi connectivity index (χ2v) is 5.57. The summed E-state index contributed by atoms with van der Waals surface area (Å²) in [5.74, 6) is -0.592. The maximum absolute atomic E-state index is 11.6. The number of nitrogens with one attached hydrogen (secondary N) is 1. The van der Waals surface area contributed by atoms with Crippen LogP contribution in [0.2, 0.25) is 0 Å². The smallest absolute Gasteiger partial charge is 0.351 e. The van der Waals surface area contributed by atoms with E-state index < -0.39 is 5.97 Å². The number of nitrogens with zero attached hydrogens (tertiary/aromatic N) is 1. The molecule has 0 bridgehead atoms. The molecule has 1 aromatic rings. The summed E-state index contributed by atoms with van der Waals surface area (Å²) in [4.78, 5) is 11.6. The summed E-state index contributed by atoms with van der Waals surface area (Å²) < 4.78 is 4.65. The molecule has 1 saturated heterocycles. The molecule has 1 aromatic carbocycles. The van der Waals surface area contributed by atoms with Crippen molar-refractivity contribution in [3.63, 3.8) is 0 Å². The van der Waals surface area contributed by atoms with Crippen molar-refractivity contribution in [2.24, 2.45) is 0 Å². The number of hydrogen-bond acceptors (Lipinski definition) is 5. The van der Waals surface area contributed by atoms with Crippen molar-refractivity contribution in [2.75, 3.05) is 7.11 Å². The van der Waals surface area contributed by atoms with Gasteiger partial charge in [-0.05, 0) is 12.0 Å². The minimum atomic E-state index is -0.592. The van der Waals surface area contributed by atoms with E-state index >= 15 is 0 Å². The molecule has 0 spiro atoms. The lowest BCUT2D eigenvalue weighted by molar-refractivity contribution is -0.135. The van der Waals surface area contributed by atoms with Crippen molar-refractivity contribution < 1.29 is 9.53 Å². The fourth-order valence-corrected chi connectivity index (χ4v) is 3.61. The highest BCUT2D eigenvalue weighted by molar-refractivity contribution is 8.03. The van der Waals surface area contributed by atoms with Gasteiger partial charge in [-0.15, -0.1) is 0 Å². The molecule has 1 aliphatic rings. The van der Waals surface area contributed by atoms with Gasteiger partial charge in [0.1, 0.15) is 6.07 Å². The number of carbonyl (C=O) groups excluding carboxylic acids is 1. The molecule has 0 aliphatic carbocycles. The summed E-state index contributed by atoms with van der Waals surface area (Å²) in [5.41, 5.74) is 1.24. The number of thioether (sulfide) groups is 1. The van der Waals surface area contributed by atoms with Gasteiger partial charge in [-0.25, -0.2) is 4.79 Å². The zero-order valence-electron chi connectivity index (χ0n) is 11.4. The van der Waals surface area contributed by atoms with Gasteiger partial charge in [-0.2, -0.15) is 5.26 Å². The van der Waals surface area contributed by atoms with Crippen LogP contribution in [0.3, 0.4) is 0 Å². The van der Waals surface area contributed by atoms with Crippen LogP contribution in [-0.4, -0.2) is 19.1 Å². The molecule has 5 heteroatoms. The molecular weight excluding hydrogens is 272 g/mol. The molecule has 0 radical (unpaired) electrons. The third-order valence-corrected chi connectivity index (χ3v) is 4.64. The monoisotopic (exact) mass is 288 g/mol. The molecule has 1 heterocycles. The fraction of sp³-hybridized carbons (Fsp3) is 0.333. The van der Waals surface area contributed by atoms with Crippen LogP contribution >= 0.6 is 11.8 Å². The Hall–Kier alpha value is -1.93. The molecule has 0 aromatic heterocycles. The highest BCUT2D eigenvalue weighted by Crippen LogP contribution is 2.44. The summed E-state index contributed by atoms with van der Waals surface area (Å²) in [6, 6.07) is 12.2. The van der Waals surface area contributed by atoms with Crippen molar-refractivity contribution in [1.29, 1.82) is 5.26 Å². The normalized spacial score (nSPS) is 23.6. The lowest BCUT2D eigenvalue weighted by atomic mass is 10.0. The van der Waals surface area contributed by atoms with E-state index in [1.807, 2.05) is 24.3 Å². The number of benzene rings is 1. The third-order valence-electron chi connectivity index (χ3n) is 3.22. The first-order chi connectivity index (χ1) is 9.71. The number of rotatable bonds is 3. The number of ether oxygens (including phenoxy) is 1. The van der Waals surface area contributed by atoms with Crippen molar-refractivity contribution in [2.45, 2.75) is 24.6 Å². The van der Waals surface area contributed by atoms with Crippen molar-refractivity contribution in [1.82, 2.24) is 5.32 Å². The van der Waals surface area contributed by atoms with E-state index in [0.29, 0.717) is 5.03 Å². The van der Waals surface area contributed by atoms with E-state index in [9.17, 15) is 4.79 Å². The van der Waals surface area contributed by atoms with E-state index in [1.54, 1.807) is 0 Å². The molecule has 0 unspecified atom stereocenters. The molecule has 0 saturated carbocycles. The van der Waals surface area contributed by atoms with Crippen LogP contribution < -0.4 is 5.32 Å². The van der Waals surface area contributed by atoms with E-state index in [-0.39, 0.29) is 16.9 Å². The van der Waals surface area contributed by atoms with Gasteiger partial charge in [0, 0.05) is 6.04 Å². The fourth-order valence-electron chi connectivity index (χ4n) is 2.17. The summed E-state index contributed by atoms with van der Waals surface area (Å²) >= 11 is 1.52. The standard InChI is InChI=1S/C15H16N2O2S/c1-3-12-13(10-7-5-4-6-8-10)20-14(17-12)11(9-16)15(18)19-2/h4-8,12-13,17H,3H2,1-2H3/b14-11-/t12-,13-/m1/s1. The van der Waals surface area contributed by atoms with Gasteiger partial charge < -0.3 is 10.1 Å². The van der Waals surface area contributed by atoms with Crippen LogP contribution in [0.25, 0.3) is 0 Å². The summed E-state index contributed by atoms with van der Waals surface area (Å²) in [5, 5.41) is 13.2. The van der Waals surface area contributed by atoms with Gasteiger partial charge in [-0.3, -0.25) is 0 Å². The van der Waals surface area contributed by atoms with Crippen LogP contribution in [0.5, 0.6) is 0 Å². The molecule has 20 heavy (non-hydrogen) atoms. The van der Waals surface area contributed by atoms with E-state index in [2.05, 4.69) is 29.1 Å². The Balaban J connectivity index is 2.33. The lowest BCUT2D eigenvalue weighted by Crippen LogP contribution is -2.25. The van der Waals surface area contributed by atoms with Crippen molar-refractivity contribution >= 4 is 17.7 Å². The largest absolute Gasteiger partial charge is 0.465 e. The number of nitriles is 1. The van der Waals surface area contributed by atoms with Gasteiger partial charge in [0.05, 0.1) is 17.4 Å². The molecule has 1 aliphatic heterocycles. The zero-order chi connectivity index (χ0) is 14.5. The predicted molar refractivity (Wildman–Crippen MR) is 78.6 cm³/mol. The molecule has 0 amide bonds. The highest BCUT2D eigenvalue weighted by Gasteiger charge is 2.34. The lowest BCUT2D eigenvalue weighted by Gasteiger charge is -2.16. The first kappa shape index (κ1) is 14.5. The summed E-state index contributed by atoms with van der Waals surface area (Å²) in [7, 11) is 1.28. The highest BCUT2D eigenvalue weighted by atomic mass is 32.2. The van der Waals surface area contributed by atoms with Crippen LogP contribution in [0.4, 0.5) is 0 Å². The summed E-state index contributed by atoms with van der Waals surface area (Å²) in [6.45, 7) is 2.08. The second-order valence-electron chi connectivity index (χ2n) is 4.42. The van der Waals surface area contributed by atoms with Crippen molar-refractivity contribution in [3.8, 4) is 6.07 Å². The SMILES string of the molecule is CC[C@H]1N/C(=C(\C#N)C(=O)OC)S[C@@H]1c1ccccc1. The molecule has 2 atom stereocenters. The average Bonchev–Trinajstić information content (AvgIpc) is 2.92. The molecular formula is C15H16N2O2S. The van der Waals surface area contributed by atoms with Gasteiger partial charge in [0.15, 0.2) is 5.57 Å². The average molecular weight is 288 g/mol. The molecule has 1 fully saturated rings. The Bertz CT molecular complexity index is 563. The number of carbonyl (C=O) groups is 1. The van der Waals surface area contributed by atoms with E-state index in [1.165, 1.54) is 24.4 Å². The summed E-state index contributed by atoms with van der Waals surface area (Å²) in [6.07, 6.45) is 0.913. The van der Waals surface area contributed by atoms with Gasteiger partial charge in [0.2, 0.25) is 0 Å². The first-order valence-electron chi connectivity index (χ1n) is 6.42. The molecule has 4 nitrogen and oxygen atoms in total. The number of esters is 1. The Kier molecular flexibility index (Phi) is 4.70. The van der Waals surface area contributed by atoms with Crippen LogP contribution in [0.15, 0.2) is 40.9 Å². The Morgan fingerprint density at radius 3 is 2.70 bits per heavy atom. The topological polar surface area (TPSA) is 62.1 Å². The second kappa shape index (κ2) is 6.49. The number of methoxy groups -OCH3 is 1. The van der Waals surface area contributed by atoms with Crippen molar-refractivity contribution in [3.05, 3.63) is 46.5 Å². The zero-order valence-corrected chi connectivity index (χ0v) is 12.2. The molecule has 1 N–H and O–H groups in total. The Morgan fingerprint density at radius 2 is 2.15 bits per heavy atom. The van der Waals surface area contributed by atoms with E-state index in [0.717, 1.165) is 6.42 Å². The third kappa shape index (κ3) is 2.81. The quantitative estimate of drug-likeness (QED) is 0.526. The minimum Gasteiger partial charge on any atom is -0.465 e. The number of hydrogen-bond donors (Lipinski definition) is 1. The predicted octanol–water partition coefficient (Wildman–Crippen LogP) is 2.75. The maximum Gasteiger partial charge on any atom is 0.351 e. The van der Waals surface area contributed by atoms with Crippen LogP contribution in [0, 0.1) is 11.3 Å². The van der Waals surface area contributed by atoms with Gasteiger partial charge >= 0.3 is 5.97 Å². The first-order valence-corrected chi connectivity index (χ1v) is 7.30. The maximum atomic E-state index is 11.6. The van der Waals surface area contributed by atoms with Gasteiger partial charge in [0.25, 0.3) is 0 Å². The van der Waals surface area contributed by atoms with Crippen LogP contribution in [-0.2, 0) is 9.53 Å².